The van der Waals surface area contributed by atoms with Gasteiger partial charge < -0.3 is 4.74 Å². The molecule has 0 spiro atoms. The van der Waals surface area contributed by atoms with Crippen LogP contribution >= 0.6 is 0 Å². The molecule has 0 saturated carbocycles. The normalized spacial score (nSPS) is 19.9. The molecule has 2 aromatic rings. The van der Waals surface area contributed by atoms with Crippen LogP contribution in [0.4, 0.5) is 0 Å². The van der Waals surface area contributed by atoms with Gasteiger partial charge >= 0.3 is 0 Å². The highest BCUT2D eigenvalue weighted by atomic mass is 32.2. The molecule has 2 aliphatic rings. The number of ether oxygens (including phenoxy) is 1. The number of fused-ring (bicyclic) bond motifs is 1. The van der Waals surface area contributed by atoms with E-state index in [4.69, 9.17) is 4.74 Å². The van der Waals surface area contributed by atoms with Crippen LogP contribution in [-0.2, 0) is 28.4 Å². The Labute approximate surface area is 171 Å². The van der Waals surface area contributed by atoms with Crippen molar-refractivity contribution in [3.63, 3.8) is 0 Å². The first-order valence-corrected chi connectivity index (χ1v) is 11.5. The van der Waals surface area contributed by atoms with Gasteiger partial charge in [0.05, 0.1) is 23.7 Å². The van der Waals surface area contributed by atoms with Crippen LogP contribution in [0.5, 0.6) is 5.75 Å². The van der Waals surface area contributed by atoms with Crippen molar-refractivity contribution >= 4 is 10.0 Å². The molecule has 1 aromatic heterocycles. The third kappa shape index (κ3) is 3.83. The van der Waals surface area contributed by atoms with Gasteiger partial charge in [0.1, 0.15) is 5.75 Å². The molecule has 0 N–H and O–H groups in total. The molecular weight excluding hydrogens is 390 g/mol. The van der Waals surface area contributed by atoms with Crippen molar-refractivity contribution in [3.05, 3.63) is 51.9 Å². The van der Waals surface area contributed by atoms with Gasteiger partial charge in [0.25, 0.3) is 5.56 Å². The molecule has 1 aromatic carbocycles. The summed E-state index contributed by atoms with van der Waals surface area (Å²) in [5, 5.41) is 4.51. The van der Waals surface area contributed by atoms with E-state index < -0.39 is 10.0 Å². The summed E-state index contributed by atoms with van der Waals surface area (Å²) in [5.41, 5.74) is 1.33. The highest BCUT2D eigenvalue weighted by Crippen LogP contribution is 2.32. The maximum absolute atomic E-state index is 13.3. The van der Waals surface area contributed by atoms with E-state index in [0.717, 1.165) is 29.8 Å². The highest BCUT2D eigenvalue weighted by molar-refractivity contribution is 7.89. The van der Waals surface area contributed by atoms with Gasteiger partial charge in [0.2, 0.25) is 10.0 Å². The number of aromatic nitrogens is 2. The van der Waals surface area contributed by atoms with Crippen molar-refractivity contribution < 1.29 is 13.2 Å². The Balaban J connectivity index is 1.62. The molecule has 0 aliphatic carbocycles. The summed E-state index contributed by atoms with van der Waals surface area (Å²) in [6.07, 6.45) is 2.20. The maximum atomic E-state index is 13.3. The molecule has 1 saturated heterocycles. The molecule has 0 radical (unpaired) electrons. The minimum absolute atomic E-state index is 0.191. The minimum Gasteiger partial charge on any atom is -0.493 e. The standard InChI is InChI=1S/C21H27N3O4S/c1-21(2,3)19-8-9-20(25)23(22-19)14-16-5-4-11-24(16)29(26,27)17-6-7-18-15(13-17)10-12-28-18/h6-9,13,16H,4-5,10-12,14H2,1-3H3. The molecule has 29 heavy (non-hydrogen) atoms. The Hall–Kier alpha value is -2.19. The molecule has 0 bridgehead atoms. The van der Waals surface area contributed by atoms with E-state index in [1.54, 1.807) is 24.3 Å². The second-order valence-electron chi connectivity index (χ2n) is 8.77. The lowest BCUT2D eigenvalue weighted by Gasteiger charge is -2.25. The molecule has 7 nitrogen and oxygen atoms in total. The summed E-state index contributed by atoms with van der Waals surface area (Å²) in [4.78, 5) is 12.6. The van der Waals surface area contributed by atoms with E-state index >= 15 is 0 Å². The van der Waals surface area contributed by atoms with Crippen molar-refractivity contribution in [2.75, 3.05) is 13.2 Å². The Morgan fingerprint density at radius 3 is 2.76 bits per heavy atom. The van der Waals surface area contributed by atoms with Gasteiger partial charge in [0, 0.05) is 30.5 Å². The zero-order chi connectivity index (χ0) is 20.8. The van der Waals surface area contributed by atoms with Gasteiger partial charge in [-0.05, 0) is 42.7 Å². The SMILES string of the molecule is CC(C)(C)c1ccc(=O)n(CC2CCCN2S(=O)(=O)c2ccc3c(c2)CCO3)n1. The van der Waals surface area contributed by atoms with Crippen LogP contribution in [0.1, 0.15) is 44.9 Å². The third-order valence-electron chi connectivity index (χ3n) is 5.61. The maximum Gasteiger partial charge on any atom is 0.266 e. The third-order valence-corrected chi connectivity index (χ3v) is 7.56. The monoisotopic (exact) mass is 417 g/mol. The average Bonchev–Trinajstić information content (AvgIpc) is 3.31. The van der Waals surface area contributed by atoms with Crippen molar-refractivity contribution in [3.8, 4) is 5.75 Å². The Bertz CT molecular complexity index is 1090. The second kappa shape index (κ2) is 7.25. The minimum atomic E-state index is -3.65. The molecule has 3 heterocycles. The number of benzene rings is 1. The van der Waals surface area contributed by atoms with E-state index in [1.807, 2.05) is 20.8 Å². The van der Waals surface area contributed by atoms with Crippen LogP contribution in [-0.4, -0.2) is 41.7 Å². The summed E-state index contributed by atoms with van der Waals surface area (Å²) in [6, 6.07) is 8.04. The van der Waals surface area contributed by atoms with Crippen molar-refractivity contribution in [2.45, 2.75) is 62.9 Å². The summed E-state index contributed by atoms with van der Waals surface area (Å²) in [6.45, 7) is 7.41. The topological polar surface area (TPSA) is 81.5 Å². The number of sulfonamides is 1. The van der Waals surface area contributed by atoms with E-state index in [2.05, 4.69) is 5.10 Å². The lowest BCUT2D eigenvalue weighted by Crippen LogP contribution is -2.41. The highest BCUT2D eigenvalue weighted by Gasteiger charge is 2.36. The predicted octanol–water partition coefficient (Wildman–Crippen LogP) is 2.33. The van der Waals surface area contributed by atoms with Gasteiger partial charge in [-0.15, -0.1) is 0 Å². The fourth-order valence-electron chi connectivity index (χ4n) is 3.95. The fourth-order valence-corrected chi connectivity index (χ4v) is 5.68. The summed E-state index contributed by atoms with van der Waals surface area (Å²) < 4.78 is 35.1. The van der Waals surface area contributed by atoms with Gasteiger partial charge in [0.15, 0.2) is 0 Å². The first-order chi connectivity index (χ1) is 13.7. The van der Waals surface area contributed by atoms with E-state index in [-0.39, 0.29) is 28.5 Å². The Kier molecular flexibility index (Phi) is 5.02. The van der Waals surface area contributed by atoms with E-state index in [9.17, 15) is 13.2 Å². The van der Waals surface area contributed by atoms with Crippen LogP contribution in [0.25, 0.3) is 0 Å². The fraction of sp³-hybridized carbons (Fsp3) is 0.524. The quantitative estimate of drug-likeness (QED) is 0.763. The summed E-state index contributed by atoms with van der Waals surface area (Å²) >= 11 is 0. The summed E-state index contributed by atoms with van der Waals surface area (Å²) in [7, 11) is -3.65. The van der Waals surface area contributed by atoms with Gasteiger partial charge in [-0.1, -0.05) is 20.8 Å². The molecule has 2 aliphatic heterocycles. The number of nitrogens with zero attached hydrogens (tertiary/aromatic N) is 3. The molecule has 1 unspecified atom stereocenters. The number of rotatable bonds is 4. The number of hydrogen-bond donors (Lipinski definition) is 0. The number of hydrogen-bond acceptors (Lipinski definition) is 5. The molecular formula is C21H27N3O4S. The van der Waals surface area contributed by atoms with Crippen LogP contribution in [0.15, 0.2) is 40.0 Å². The zero-order valence-corrected chi connectivity index (χ0v) is 17.9. The van der Waals surface area contributed by atoms with Crippen molar-refractivity contribution in [2.24, 2.45) is 0 Å². The smallest absolute Gasteiger partial charge is 0.266 e. The second-order valence-corrected chi connectivity index (χ2v) is 10.7. The largest absolute Gasteiger partial charge is 0.493 e. The van der Waals surface area contributed by atoms with Crippen LogP contribution in [0.3, 0.4) is 0 Å². The van der Waals surface area contributed by atoms with Crippen LogP contribution in [0.2, 0.25) is 0 Å². The van der Waals surface area contributed by atoms with Gasteiger partial charge in [-0.2, -0.15) is 9.40 Å². The van der Waals surface area contributed by atoms with Crippen LogP contribution in [0, 0.1) is 0 Å². The van der Waals surface area contributed by atoms with Crippen molar-refractivity contribution in [1.82, 2.24) is 14.1 Å². The van der Waals surface area contributed by atoms with Crippen molar-refractivity contribution in [1.29, 1.82) is 0 Å². The Morgan fingerprint density at radius 1 is 1.21 bits per heavy atom. The summed E-state index contributed by atoms with van der Waals surface area (Å²) in [5.74, 6) is 0.761. The predicted molar refractivity (Wildman–Crippen MR) is 110 cm³/mol. The molecule has 8 heteroatoms. The lowest BCUT2D eigenvalue weighted by atomic mass is 9.92. The first kappa shape index (κ1) is 20.1. The molecule has 0 amide bonds. The first-order valence-electron chi connectivity index (χ1n) is 10.0. The van der Waals surface area contributed by atoms with E-state index in [0.29, 0.717) is 19.6 Å². The van der Waals surface area contributed by atoms with Gasteiger partial charge in [-0.3, -0.25) is 4.79 Å². The average molecular weight is 418 g/mol. The Morgan fingerprint density at radius 2 is 2.00 bits per heavy atom. The van der Waals surface area contributed by atoms with Crippen LogP contribution < -0.4 is 10.3 Å². The molecule has 156 valence electrons. The molecule has 1 atom stereocenters. The zero-order valence-electron chi connectivity index (χ0n) is 17.1. The van der Waals surface area contributed by atoms with Gasteiger partial charge in [-0.25, -0.2) is 13.1 Å². The lowest BCUT2D eigenvalue weighted by molar-refractivity contribution is 0.331. The molecule has 1 fully saturated rings. The molecule has 4 rings (SSSR count). The van der Waals surface area contributed by atoms with E-state index in [1.165, 1.54) is 15.1 Å².